The summed E-state index contributed by atoms with van der Waals surface area (Å²) in [4.78, 5) is 37.0. The summed E-state index contributed by atoms with van der Waals surface area (Å²) in [5.74, 6) is 0.598. The maximum atomic E-state index is 12.6. The zero-order valence-corrected chi connectivity index (χ0v) is 16.0. The number of nitrogens with zero attached hydrogens (tertiary/aromatic N) is 4. The van der Waals surface area contributed by atoms with Gasteiger partial charge >= 0.3 is 5.97 Å². The van der Waals surface area contributed by atoms with Gasteiger partial charge in [-0.05, 0) is 37.7 Å². The molecule has 1 spiro atoms. The third-order valence-electron chi connectivity index (χ3n) is 5.56. The maximum Gasteiger partial charge on any atom is 0.305 e. The van der Waals surface area contributed by atoms with Crippen LogP contribution in [0.25, 0.3) is 0 Å². The smallest absolute Gasteiger partial charge is 0.305 e. The van der Waals surface area contributed by atoms with E-state index in [4.69, 9.17) is 4.98 Å². The molecule has 1 amide bonds. The van der Waals surface area contributed by atoms with Gasteiger partial charge < -0.3 is 14.5 Å². The summed E-state index contributed by atoms with van der Waals surface area (Å²) in [6.45, 7) is 1.51. The predicted molar refractivity (Wildman–Crippen MR) is 98.0 cm³/mol. The quantitative estimate of drug-likeness (QED) is 0.744. The van der Waals surface area contributed by atoms with Gasteiger partial charge in [-0.15, -0.1) is 0 Å². The van der Waals surface area contributed by atoms with E-state index in [-0.39, 0.29) is 17.3 Å². The van der Waals surface area contributed by atoms with E-state index in [2.05, 4.69) is 9.72 Å². The number of aryl methyl sites for hydroxylation is 1. The Labute approximate surface area is 154 Å². The van der Waals surface area contributed by atoms with Crippen LogP contribution in [0.1, 0.15) is 49.8 Å². The molecule has 1 fully saturated rings. The van der Waals surface area contributed by atoms with Crippen LogP contribution < -0.4 is 4.90 Å². The monoisotopic (exact) mass is 360 g/mol. The molecule has 1 aliphatic carbocycles. The average molecular weight is 360 g/mol. The fourth-order valence-electron chi connectivity index (χ4n) is 4.13. The summed E-state index contributed by atoms with van der Waals surface area (Å²) in [5, 5.41) is 0. The Hall–Kier alpha value is -2.18. The van der Waals surface area contributed by atoms with Gasteiger partial charge in [-0.25, -0.2) is 9.97 Å². The fourth-order valence-corrected chi connectivity index (χ4v) is 4.13. The van der Waals surface area contributed by atoms with Gasteiger partial charge in [0.15, 0.2) is 0 Å². The minimum atomic E-state index is -0.259. The Balaban J connectivity index is 1.70. The number of aromatic nitrogens is 2. The number of anilines is 1. The molecule has 1 saturated heterocycles. The molecule has 0 aromatic carbocycles. The van der Waals surface area contributed by atoms with Gasteiger partial charge in [-0.1, -0.05) is 0 Å². The lowest BCUT2D eigenvalue weighted by Gasteiger charge is -2.40. The van der Waals surface area contributed by atoms with Gasteiger partial charge in [-0.3, -0.25) is 9.59 Å². The van der Waals surface area contributed by atoms with Crippen LogP contribution in [-0.2, 0) is 26.2 Å². The van der Waals surface area contributed by atoms with Gasteiger partial charge in [0, 0.05) is 51.6 Å². The number of rotatable bonds is 5. The van der Waals surface area contributed by atoms with Crippen molar-refractivity contribution in [2.75, 3.05) is 39.2 Å². The lowest BCUT2D eigenvalue weighted by molar-refractivity contribution is -0.141. The lowest BCUT2D eigenvalue weighted by atomic mass is 9.77. The van der Waals surface area contributed by atoms with E-state index in [1.54, 1.807) is 0 Å². The molecule has 1 unspecified atom stereocenters. The molecule has 7 nitrogen and oxygen atoms in total. The van der Waals surface area contributed by atoms with E-state index in [0.29, 0.717) is 19.3 Å². The summed E-state index contributed by atoms with van der Waals surface area (Å²) >= 11 is 0. The average Bonchev–Trinajstić information content (AvgIpc) is 2.98. The van der Waals surface area contributed by atoms with Gasteiger partial charge in [0.05, 0.1) is 12.8 Å². The Kier molecular flexibility index (Phi) is 5.44. The molecule has 0 bridgehead atoms. The van der Waals surface area contributed by atoms with Gasteiger partial charge in [0.25, 0.3) is 0 Å². The van der Waals surface area contributed by atoms with Crippen molar-refractivity contribution in [2.45, 2.75) is 50.4 Å². The predicted octanol–water partition coefficient (Wildman–Crippen LogP) is 1.69. The van der Waals surface area contributed by atoms with Crippen LogP contribution in [0.2, 0.25) is 0 Å². The zero-order valence-electron chi connectivity index (χ0n) is 16.0. The number of methoxy groups -OCH3 is 1. The van der Waals surface area contributed by atoms with E-state index in [1.165, 1.54) is 12.7 Å². The van der Waals surface area contributed by atoms with Gasteiger partial charge in [0.1, 0.15) is 0 Å². The van der Waals surface area contributed by atoms with Crippen molar-refractivity contribution in [1.82, 2.24) is 14.9 Å². The van der Waals surface area contributed by atoms with Crippen LogP contribution in [0.4, 0.5) is 5.95 Å². The Morgan fingerprint density at radius 2 is 2.12 bits per heavy atom. The summed E-state index contributed by atoms with van der Waals surface area (Å²) in [6.07, 6.45) is 7.24. The number of fused-ring (bicyclic) bond motifs is 2. The Bertz CT molecular complexity index is 687. The molecule has 0 radical (unpaired) electrons. The standard InChI is InChI=1S/C19H28N4O3/c1-22(2)18-20-12-14-8-10-19(17(14)21-18)9-5-11-23(13-19)15(24)6-4-7-16(25)26-3/h12H,4-11,13H2,1-3H3. The fraction of sp³-hybridized carbons (Fsp3) is 0.684. The minimum Gasteiger partial charge on any atom is -0.469 e. The molecule has 2 heterocycles. The zero-order chi connectivity index (χ0) is 18.7. The molecule has 1 aromatic rings. The highest BCUT2D eigenvalue weighted by molar-refractivity contribution is 5.77. The molecule has 1 aliphatic heterocycles. The highest BCUT2D eigenvalue weighted by atomic mass is 16.5. The summed E-state index contributed by atoms with van der Waals surface area (Å²) in [6, 6.07) is 0. The highest BCUT2D eigenvalue weighted by Gasteiger charge is 2.44. The molecule has 0 saturated carbocycles. The number of carbonyl (C=O) groups excluding carboxylic acids is 2. The normalized spacial score (nSPS) is 21.6. The molecule has 7 heteroatoms. The summed E-state index contributed by atoms with van der Waals surface area (Å²) in [7, 11) is 5.27. The molecule has 3 rings (SSSR count). The van der Waals surface area contributed by atoms with Gasteiger partial charge in [-0.2, -0.15) is 0 Å². The summed E-state index contributed by atoms with van der Waals surface area (Å²) in [5.41, 5.74) is 2.30. The first kappa shape index (κ1) is 18.6. The second-order valence-electron chi connectivity index (χ2n) is 7.57. The molecular formula is C19H28N4O3. The van der Waals surface area contributed by atoms with Crippen molar-refractivity contribution in [2.24, 2.45) is 0 Å². The number of likely N-dealkylation sites (tertiary alicyclic amines) is 1. The summed E-state index contributed by atoms with van der Waals surface area (Å²) < 4.78 is 4.64. The van der Waals surface area contributed by atoms with Crippen molar-refractivity contribution in [3.8, 4) is 0 Å². The largest absolute Gasteiger partial charge is 0.469 e. The van der Waals surface area contributed by atoms with Crippen molar-refractivity contribution in [1.29, 1.82) is 0 Å². The number of hydrogen-bond donors (Lipinski definition) is 0. The van der Waals surface area contributed by atoms with Crippen molar-refractivity contribution in [3.63, 3.8) is 0 Å². The van der Waals surface area contributed by atoms with Crippen LogP contribution >= 0.6 is 0 Å². The van der Waals surface area contributed by atoms with E-state index in [1.807, 2.05) is 30.1 Å². The van der Waals surface area contributed by atoms with Crippen LogP contribution in [0.5, 0.6) is 0 Å². The van der Waals surface area contributed by atoms with Crippen LogP contribution in [-0.4, -0.2) is 61.0 Å². The molecule has 1 aromatic heterocycles. The van der Waals surface area contributed by atoms with Gasteiger partial charge in [0.2, 0.25) is 11.9 Å². The first-order chi connectivity index (χ1) is 12.4. The number of amides is 1. The first-order valence-corrected chi connectivity index (χ1v) is 9.33. The number of ether oxygens (including phenoxy) is 1. The van der Waals surface area contributed by atoms with E-state index < -0.39 is 0 Å². The molecular weight excluding hydrogens is 332 g/mol. The van der Waals surface area contributed by atoms with E-state index in [9.17, 15) is 9.59 Å². The number of carbonyl (C=O) groups is 2. The Morgan fingerprint density at radius 3 is 2.85 bits per heavy atom. The third-order valence-corrected chi connectivity index (χ3v) is 5.56. The molecule has 1 atom stereocenters. The first-order valence-electron chi connectivity index (χ1n) is 9.33. The van der Waals surface area contributed by atoms with Crippen molar-refractivity contribution >= 4 is 17.8 Å². The highest BCUT2D eigenvalue weighted by Crippen LogP contribution is 2.44. The minimum absolute atomic E-state index is 0.0424. The van der Waals surface area contributed by atoms with Crippen LogP contribution in [0, 0.1) is 0 Å². The number of piperidine rings is 1. The number of esters is 1. The van der Waals surface area contributed by atoms with Crippen molar-refractivity contribution in [3.05, 3.63) is 17.5 Å². The Morgan fingerprint density at radius 1 is 1.31 bits per heavy atom. The van der Waals surface area contributed by atoms with Crippen LogP contribution in [0.15, 0.2) is 6.20 Å². The molecule has 0 N–H and O–H groups in total. The van der Waals surface area contributed by atoms with E-state index in [0.717, 1.165) is 50.4 Å². The topological polar surface area (TPSA) is 75.6 Å². The maximum absolute atomic E-state index is 12.6. The molecule has 2 aliphatic rings. The SMILES string of the molecule is COC(=O)CCCC(=O)N1CCCC2(CCc3cnc(N(C)C)nc32)C1. The van der Waals surface area contributed by atoms with Crippen LogP contribution in [0.3, 0.4) is 0 Å². The second-order valence-corrected chi connectivity index (χ2v) is 7.57. The van der Waals surface area contributed by atoms with Crippen molar-refractivity contribution < 1.29 is 14.3 Å². The van der Waals surface area contributed by atoms with E-state index >= 15 is 0 Å². The second kappa shape index (κ2) is 7.60. The molecule has 26 heavy (non-hydrogen) atoms. The lowest BCUT2D eigenvalue weighted by Crippen LogP contribution is -2.48. The molecule has 142 valence electrons. The number of hydrogen-bond acceptors (Lipinski definition) is 6. The third kappa shape index (κ3) is 3.66.